The SMILES string of the molecule is CNc1nc(C(C)(C)C)nc(N2CCN(C)C(C)C2)c1C. The standard InChI is InChI=1S/C16H29N5/c1-11-10-21(9-8-20(11)7)14-12(2)13(17-6)18-15(19-14)16(3,4)5/h11H,8-10H2,1-7H3,(H,17,18,19). The fourth-order valence-electron chi connectivity index (χ4n) is 2.63. The van der Waals surface area contributed by atoms with Gasteiger partial charge in [-0.3, -0.25) is 0 Å². The van der Waals surface area contributed by atoms with Crippen molar-refractivity contribution in [3.63, 3.8) is 0 Å². The summed E-state index contributed by atoms with van der Waals surface area (Å²) in [6.45, 7) is 14.0. The van der Waals surface area contributed by atoms with E-state index in [1.807, 2.05) is 7.05 Å². The smallest absolute Gasteiger partial charge is 0.138 e. The second-order valence-corrected chi connectivity index (χ2v) is 7.12. The lowest BCUT2D eigenvalue weighted by molar-refractivity contribution is 0.233. The van der Waals surface area contributed by atoms with Crippen molar-refractivity contribution in [2.45, 2.75) is 46.1 Å². The van der Waals surface area contributed by atoms with Crippen LogP contribution in [-0.4, -0.2) is 54.6 Å². The van der Waals surface area contributed by atoms with Crippen molar-refractivity contribution < 1.29 is 0 Å². The molecule has 0 radical (unpaired) electrons. The van der Waals surface area contributed by atoms with Crippen LogP contribution in [0.4, 0.5) is 11.6 Å². The van der Waals surface area contributed by atoms with Gasteiger partial charge in [-0.05, 0) is 20.9 Å². The highest BCUT2D eigenvalue weighted by Gasteiger charge is 2.26. The number of likely N-dealkylation sites (N-methyl/N-ethyl adjacent to an activating group) is 1. The molecule has 1 saturated heterocycles. The summed E-state index contributed by atoms with van der Waals surface area (Å²) in [7, 11) is 4.12. The Labute approximate surface area is 128 Å². The number of nitrogens with one attached hydrogen (secondary N) is 1. The molecule has 0 saturated carbocycles. The molecule has 1 fully saturated rings. The van der Waals surface area contributed by atoms with Crippen LogP contribution in [0.3, 0.4) is 0 Å². The van der Waals surface area contributed by atoms with E-state index in [4.69, 9.17) is 9.97 Å². The second kappa shape index (κ2) is 5.79. The van der Waals surface area contributed by atoms with Gasteiger partial charge in [0, 0.05) is 43.7 Å². The van der Waals surface area contributed by atoms with Crippen LogP contribution in [0.1, 0.15) is 39.1 Å². The van der Waals surface area contributed by atoms with Crippen LogP contribution in [0.15, 0.2) is 0 Å². The predicted molar refractivity (Wildman–Crippen MR) is 89.3 cm³/mol. The summed E-state index contributed by atoms with van der Waals surface area (Å²) < 4.78 is 0. The number of hydrogen-bond donors (Lipinski definition) is 1. The zero-order valence-electron chi connectivity index (χ0n) is 14.5. The van der Waals surface area contributed by atoms with E-state index in [9.17, 15) is 0 Å². The molecule has 5 nitrogen and oxygen atoms in total. The molecule has 21 heavy (non-hydrogen) atoms. The van der Waals surface area contributed by atoms with Crippen molar-refractivity contribution in [1.29, 1.82) is 0 Å². The normalized spacial score (nSPS) is 20.7. The third-order valence-electron chi connectivity index (χ3n) is 4.29. The average molecular weight is 291 g/mol. The second-order valence-electron chi connectivity index (χ2n) is 7.12. The molecule has 2 heterocycles. The maximum Gasteiger partial charge on any atom is 0.138 e. The van der Waals surface area contributed by atoms with Gasteiger partial charge in [0.05, 0.1) is 0 Å². The molecule has 118 valence electrons. The maximum absolute atomic E-state index is 4.89. The predicted octanol–water partition coefficient (Wildman–Crippen LogP) is 2.26. The molecule has 1 aromatic rings. The van der Waals surface area contributed by atoms with Gasteiger partial charge in [0.1, 0.15) is 17.5 Å². The Hall–Kier alpha value is -1.36. The van der Waals surface area contributed by atoms with Crippen LogP contribution in [0.25, 0.3) is 0 Å². The molecular weight excluding hydrogens is 262 g/mol. The molecular formula is C16H29N5. The van der Waals surface area contributed by atoms with E-state index in [1.165, 1.54) is 0 Å². The molecule has 0 aromatic carbocycles. The first kappa shape index (κ1) is 16.0. The highest BCUT2D eigenvalue weighted by Crippen LogP contribution is 2.29. The fraction of sp³-hybridized carbons (Fsp3) is 0.750. The lowest BCUT2D eigenvalue weighted by Crippen LogP contribution is -2.50. The summed E-state index contributed by atoms with van der Waals surface area (Å²) in [6, 6.07) is 0.546. The van der Waals surface area contributed by atoms with E-state index >= 15 is 0 Å². The van der Waals surface area contributed by atoms with E-state index in [-0.39, 0.29) is 5.41 Å². The van der Waals surface area contributed by atoms with Gasteiger partial charge < -0.3 is 15.1 Å². The van der Waals surface area contributed by atoms with Crippen molar-refractivity contribution in [1.82, 2.24) is 14.9 Å². The minimum atomic E-state index is -0.0494. The minimum Gasteiger partial charge on any atom is -0.373 e. The topological polar surface area (TPSA) is 44.3 Å². The Kier molecular flexibility index (Phi) is 4.42. The summed E-state index contributed by atoms with van der Waals surface area (Å²) in [6.07, 6.45) is 0. The average Bonchev–Trinajstić information content (AvgIpc) is 2.41. The van der Waals surface area contributed by atoms with Crippen LogP contribution in [0, 0.1) is 6.92 Å². The largest absolute Gasteiger partial charge is 0.373 e. The minimum absolute atomic E-state index is 0.0494. The molecule has 1 aliphatic rings. The molecule has 1 N–H and O–H groups in total. The van der Waals surface area contributed by atoms with Gasteiger partial charge in [-0.2, -0.15) is 0 Å². The monoisotopic (exact) mass is 291 g/mol. The van der Waals surface area contributed by atoms with Gasteiger partial charge in [0.15, 0.2) is 0 Å². The lowest BCUT2D eigenvalue weighted by atomic mass is 9.95. The number of nitrogens with zero attached hydrogens (tertiary/aromatic N) is 4. The van der Waals surface area contributed by atoms with Gasteiger partial charge in [-0.25, -0.2) is 9.97 Å². The third-order valence-corrected chi connectivity index (χ3v) is 4.29. The van der Waals surface area contributed by atoms with Crippen molar-refractivity contribution in [3.05, 3.63) is 11.4 Å². The van der Waals surface area contributed by atoms with Crippen LogP contribution in [0.2, 0.25) is 0 Å². The molecule has 0 aliphatic carbocycles. The molecule has 1 unspecified atom stereocenters. The molecule has 1 aromatic heterocycles. The first-order valence-corrected chi connectivity index (χ1v) is 7.76. The molecule has 0 spiro atoms. The van der Waals surface area contributed by atoms with Gasteiger partial charge in [0.2, 0.25) is 0 Å². The van der Waals surface area contributed by atoms with Gasteiger partial charge in [0.25, 0.3) is 0 Å². The summed E-state index contributed by atoms with van der Waals surface area (Å²) in [4.78, 5) is 14.4. The van der Waals surface area contributed by atoms with Crippen LogP contribution in [-0.2, 0) is 5.41 Å². The highest BCUT2D eigenvalue weighted by molar-refractivity contribution is 5.59. The molecule has 1 aliphatic heterocycles. The van der Waals surface area contributed by atoms with E-state index < -0.39 is 0 Å². The van der Waals surface area contributed by atoms with Gasteiger partial charge >= 0.3 is 0 Å². The van der Waals surface area contributed by atoms with Crippen LogP contribution >= 0.6 is 0 Å². The zero-order valence-corrected chi connectivity index (χ0v) is 14.5. The molecule has 5 heteroatoms. The summed E-state index contributed by atoms with van der Waals surface area (Å²) in [5.41, 5.74) is 1.09. The van der Waals surface area contributed by atoms with Crippen LogP contribution in [0.5, 0.6) is 0 Å². The Morgan fingerprint density at radius 1 is 1.19 bits per heavy atom. The fourth-order valence-corrected chi connectivity index (χ4v) is 2.63. The first-order chi connectivity index (χ1) is 9.74. The van der Waals surface area contributed by atoms with Crippen molar-refractivity contribution in [3.8, 4) is 0 Å². The lowest BCUT2D eigenvalue weighted by Gasteiger charge is -2.39. The number of rotatable bonds is 2. The van der Waals surface area contributed by atoms with E-state index in [0.717, 1.165) is 42.7 Å². The highest BCUT2D eigenvalue weighted by atomic mass is 15.3. The Morgan fingerprint density at radius 3 is 2.38 bits per heavy atom. The zero-order chi connectivity index (χ0) is 15.8. The maximum atomic E-state index is 4.89. The van der Waals surface area contributed by atoms with Gasteiger partial charge in [-0.15, -0.1) is 0 Å². The summed E-state index contributed by atoms with van der Waals surface area (Å²) in [5.74, 6) is 2.93. The quantitative estimate of drug-likeness (QED) is 0.905. The number of aromatic nitrogens is 2. The summed E-state index contributed by atoms with van der Waals surface area (Å²) >= 11 is 0. The molecule has 2 rings (SSSR count). The third kappa shape index (κ3) is 3.28. The Morgan fingerprint density at radius 2 is 1.86 bits per heavy atom. The van der Waals surface area contributed by atoms with Gasteiger partial charge in [-0.1, -0.05) is 20.8 Å². The van der Waals surface area contributed by atoms with Crippen molar-refractivity contribution in [2.75, 3.05) is 43.9 Å². The van der Waals surface area contributed by atoms with Crippen LogP contribution < -0.4 is 10.2 Å². The van der Waals surface area contributed by atoms with E-state index in [0.29, 0.717) is 6.04 Å². The van der Waals surface area contributed by atoms with E-state index in [1.54, 1.807) is 0 Å². The van der Waals surface area contributed by atoms with E-state index in [2.05, 4.69) is 56.8 Å². The number of piperazine rings is 1. The Bertz CT molecular complexity index is 506. The Balaban J connectivity index is 2.42. The summed E-state index contributed by atoms with van der Waals surface area (Å²) in [5, 5.41) is 3.22. The molecule has 1 atom stereocenters. The first-order valence-electron chi connectivity index (χ1n) is 7.76. The van der Waals surface area contributed by atoms with Crippen molar-refractivity contribution in [2.24, 2.45) is 0 Å². The number of anilines is 2. The number of hydrogen-bond acceptors (Lipinski definition) is 5. The van der Waals surface area contributed by atoms with Crippen molar-refractivity contribution >= 4 is 11.6 Å². The molecule has 0 amide bonds. The molecule has 0 bridgehead atoms.